The highest BCUT2D eigenvalue weighted by molar-refractivity contribution is 5.78. The molecule has 198 valence electrons. The summed E-state index contributed by atoms with van der Waals surface area (Å²) in [5, 5.41) is 21.1. The van der Waals surface area contributed by atoms with Crippen molar-refractivity contribution < 1.29 is 19.7 Å². The van der Waals surface area contributed by atoms with Gasteiger partial charge in [-0.05, 0) is 128 Å². The molecule has 0 heterocycles. The van der Waals surface area contributed by atoms with Crippen LogP contribution in [0.25, 0.3) is 0 Å². The second kappa shape index (κ2) is 8.06. The molecule has 35 heavy (non-hydrogen) atoms. The van der Waals surface area contributed by atoms with Gasteiger partial charge in [0.15, 0.2) is 0 Å². The van der Waals surface area contributed by atoms with Gasteiger partial charge in [-0.3, -0.25) is 4.79 Å². The van der Waals surface area contributed by atoms with Crippen LogP contribution in [0.5, 0.6) is 0 Å². The predicted molar refractivity (Wildman–Crippen MR) is 138 cm³/mol. The van der Waals surface area contributed by atoms with Crippen molar-refractivity contribution in [3.8, 4) is 0 Å². The SMILES string of the molecule is C=C(CO)[C@@H]1CC[C@]2(C)CC[C@]3(C)C(CCC4[C@@]5(C)CC[C@H](O)[C@](C)(C(=O)OC)C5CC[C@]43C)C12. The van der Waals surface area contributed by atoms with Gasteiger partial charge < -0.3 is 14.9 Å². The molecule has 0 aliphatic heterocycles. The topological polar surface area (TPSA) is 66.8 Å². The highest BCUT2D eigenvalue weighted by atomic mass is 16.5. The van der Waals surface area contributed by atoms with Crippen molar-refractivity contribution in [2.75, 3.05) is 13.7 Å². The molecule has 0 saturated heterocycles. The number of aliphatic hydroxyl groups excluding tert-OH is 2. The largest absolute Gasteiger partial charge is 0.469 e. The van der Waals surface area contributed by atoms with Crippen LogP contribution in [-0.4, -0.2) is 36.0 Å². The number of carbonyl (C=O) groups is 1. The Morgan fingerprint density at radius 3 is 2.26 bits per heavy atom. The zero-order chi connectivity index (χ0) is 25.6. The van der Waals surface area contributed by atoms with E-state index in [2.05, 4.69) is 34.3 Å². The second-order valence-electron chi connectivity index (χ2n) is 14.6. The van der Waals surface area contributed by atoms with Crippen molar-refractivity contribution in [1.82, 2.24) is 0 Å². The van der Waals surface area contributed by atoms with Gasteiger partial charge >= 0.3 is 5.97 Å². The summed E-state index contributed by atoms with van der Waals surface area (Å²) in [7, 11) is 1.47. The third-order valence-corrected chi connectivity index (χ3v) is 13.8. The molecule has 5 fully saturated rings. The van der Waals surface area contributed by atoms with Gasteiger partial charge in [0.1, 0.15) is 0 Å². The van der Waals surface area contributed by atoms with Gasteiger partial charge in [0.2, 0.25) is 0 Å². The van der Waals surface area contributed by atoms with Crippen molar-refractivity contribution >= 4 is 5.97 Å². The Labute approximate surface area is 213 Å². The molecule has 0 aromatic carbocycles. The number of rotatable bonds is 3. The number of fused-ring (bicyclic) bond motifs is 7. The standard InChI is InChI=1S/C31H50O4/c1-19(18-32)20-10-13-27(2)16-17-29(4)21(25(20)27)8-9-22-28(3)14-12-24(33)31(6,26(34)35-7)23(28)11-15-30(22,29)5/h20-25,32-33H,1,8-18H2,2-7H3/t20-,21?,22?,23?,24-,25?,27+,28+,29+,30+,31+/m0/s1. The van der Waals surface area contributed by atoms with Crippen LogP contribution in [0.2, 0.25) is 0 Å². The number of hydrogen-bond donors (Lipinski definition) is 2. The molecule has 0 spiro atoms. The van der Waals surface area contributed by atoms with E-state index in [-0.39, 0.29) is 34.7 Å². The lowest BCUT2D eigenvalue weighted by Gasteiger charge is -2.72. The summed E-state index contributed by atoms with van der Waals surface area (Å²) in [4.78, 5) is 13.1. The zero-order valence-corrected chi connectivity index (χ0v) is 23.2. The maximum absolute atomic E-state index is 13.1. The van der Waals surface area contributed by atoms with Crippen LogP contribution in [0, 0.1) is 56.7 Å². The first-order valence-electron chi connectivity index (χ1n) is 14.4. The number of methoxy groups -OCH3 is 1. The first-order valence-corrected chi connectivity index (χ1v) is 14.4. The minimum absolute atomic E-state index is 0.0354. The number of ether oxygens (including phenoxy) is 1. The first kappa shape index (κ1) is 25.8. The quantitative estimate of drug-likeness (QED) is 0.371. The number of hydrogen-bond acceptors (Lipinski definition) is 4. The fraction of sp³-hybridized carbons (Fsp3) is 0.903. The van der Waals surface area contributed by atoms with Gasteiger partial charge in [0, 0.05) is 0 Å². The van der Waals surface area contributed by atoms with Crippen LogP contribution in [0.15, 0.2) is 12.2 Å². The van der Waals surface area contributed by atoms with E-state index >= 15 is 0 Å². The van der Waals surface area contributed by atoms with Gasteiger partial charge in [-0.15, -0.1) is 0 Å². The summed E-state index contributed by atoms with van der Waals surface area (Å²) in [6, 6.07) is 0. The molecule has 2 N–H and O–H groups in total. The molecule has 11 atom stereocenters. The minimum Gasteiger partial charge on any atom is -0.469 e. The number of carbonyl (C=O) groups excluding carboxylic acids is 1. The number of esters is 1. The van der Waals surface area contributed by atoms with Crippen LogP contribution in [0.1, 0.15) is 98.8 Å². The lowest BCUT2D eigenvalue weighted by molar-refractivity contribution is -0.250. The summed E-state index contributed by atoms with van der Waals surface area (Å²) in [5.41, 5.74) is 1.12. The predicted octanol–water partition coefficient (Wildman–Crippen LogP) is 6.15. The van der Waals surface area contributed by atoms with Crippen molar-refractivity contribution in [1.29, 1.82) is 0 Å². The molecular formula is C31H50O4. The molecule has 0 bridgehead atoms. The molecular weight excluding hydrogens is 436 g/mol. The van der Waals surface area contributed by atoms with Crippen molar-refractivity contribution in [2.24, 2.45) is 56.7 Å². The molecule has 0 aromatic rings. The molecule has 5 aliphatic carbocycles. The van der Waals surface area contributed by atoms with Gasteiger partial charge in [-0.1, -0.05) is 34.3 Å². The Kier molecular flexibility index (Phi) is 5.94. The average Bonchev–Trinajstić information content (AvgIpc) is 3.18. The lowest BCUT2D eigenvalue weighted by atomic mass is 9.32. The first-order chi connectivity index (χ1) is 16.3. The van der Waals surface area contributed by atoms with E-state index < -0.39 is 11.5 Å². The molecule has 4 nitrogen and oxygen atoms in total. The maximum atomic E-state index is 13.1. The summed E-state index contributed by atoms with van der Waals surface area (Å²) < 4.78 is 5.30. The molecule has 5 aliphatic rings. The fourth-order valence-electron chi connectivity index (χ4n) is 11.7. The van der Waals surface area contributed by atoms with Gasteiger partial charge in [0.05, 0.1) is 25.2 Å². The molecule has 5 rings (SSSR count). The van der Waals surface area contributed by atoms with E-state index in [4.69, 9.17) is 4.74 Å². The molecule has 4 unspecified atom stereocenters. The highest BCUT2D eigenvalue weighted by Gasteiger charge is 2.71. The Morgan fingerprint density at radius 2 is 1.60 bits per heavy atom. The van der Waals surface area contributed by atoms with E-state index in [1.807, 2.05) is 6.92 Å². The van der Waals surface area contributed by atoms with E-state index in [0.717, 1.165) is 24.8 Å². The zero-order valence-electron chi connectivity index (χ0n) is 23.2. The smallest absolute Gasteiger partial charge is 0.314 e. The summed E-state index contributed by atoms with van der Waals surface area (Å²) >= 11 is 0. The van der Waals surface area contributed by atoms with Crippen LogP contribution >= 0.6 is 0 Å². The third kappa shape index (κ3) is 3.08. The van der Waals surface area contributed by atoms with Crippen molar-refractivity contribution in [3.63, 3.8) is 0 Å². The Hall–Kier alpha value is -0.870. The van der Waals surface area contributed by atoms with Crippen molar-refractivity contribution in [3.05, 3.63) is 12.2 Å². The summed E-state index contributed by atoms with van der Waals surface area (Å²) in [6.45, 7) is 16.6. The van der Waals surface area contributed by atoms with E-state index in [1.165, 1.54) is 45.6 Å². The minimum atomic E-state index is -0.818. The number of aliphatic hydroxyl groups is 2. The van der Waals surface area contributed by atoms with Gasteiger partial charge in [-0.2, -0.15) is 0 Å². The fourth-order valence-corrected chi connectivity index (χ4v) is 11.7. The van der Waals surface area contributed by atoms with Crippen LogP contribution in [-0.2, 0) is 9.53 Å². The van der Waals surface area contributed by atoms with Crippen LogP contribution in [0.4, 0.5) is 0 Å². The summed E-state index contributed by atoms with van der Waals surface area (Å²) in [6.07, 6.45) is 10.6. The monoisotopic (exact) mass is 486 g/mol. The highest BCUT2D eigenvalue weighted by Crippen LogP contribution is 2.77. The lowest BCUT2D eigenvalue weighted by Crippen LogP contribution is -2.67. The molecule has 5 saturated carbocycles. The Bertz CT molecular complexity index is 898. The van der Waals surface area contributed by atoms with Gasteiger partial charge in [0.25, 0.3) is 0 Å². The van der Waals surface area contributed by atoms with Crippen molar-refractivity contribution in [2.45, 2.75) is 105 Å². The summed E-state index contributed by atoms with van der Waals surface area (Å²) in [5.74, 6) is 2.23. The molecule has 0 aromatic heterocycles. The molecule has 0 amide bonds. The van der Waals surface area contributed by atoms with Gasteiger partial charge in [-0.25, -0.2) is 0 Å². The average molecular weight is 487 g/mol. The van der Waals surface area contributed by atoms with E-state index in [9.17, 15) is 15.0 Å². The Morgan fingerprint density at radius 1 is 0.886 bits per heavy atom. The van der Waals surface area contributed by atoms with Crippen LogP contribution in [0.3, 0.4) is 0 Å². The molecule has 4 heteroatoms. The molecule has 0 radical (unpaired) electrons. The maximum Gasteiger partial charge on any atom is 0.314 e. The van der Waals surface area contributed by atoms with Crippen LogP contribution < -0.4 is 0 Å². The second-order valence-corrected chi connectivity index (χ2v) is 14.6. The van der Waals surface area contributed by atoms with E-state index in [0.29, 0.717) is 35.5 Å². The van der Waals surface area contributed by atoms with E-state index in [1.54, 1.807) is 0 Å². The Balaban J connectivity index is 1.54. The normalized spacial score (nSPS) is 55.2. The third-order valence-electron chi connectivity index (χ3n) is 13.8.